The number of carbonyl (C=O) groups is 1. The van der Waals surface area contributed by atoms with Gasteiger partial charge in [-0.15, -0.1) is 0 Å². The van der Waals surface area contributed by atoms with Crippen molar-refractivity contribution in [3.05, 3.63) is 67.8 Å². The lowest BCUT2D eigenvalue weighted by Crippen LogP contribution is -2.08. The van der Waals surface area contributed by atoms with Gasteiger partial charge in [0.2, 0.25) is 5.78 Å². The predicted octanol–water partition coefficient (Wildman–Crippen LogP) is 0.717. The number of allylic oxidation sites excluding steroid dienone is 7. The summed E-state index contributed by atoms with van der Waals surface area (Å²) in [5.74, 6) is -1.42. The second-order valence-corrected chi connectivity index (χ2v) is 3.31. The Kier molecular flexibility index (Phi) is 6.44. The summed E-state index contributed by atoms with van der Waals surface area (Å²) in [5.41, 5.74) is -1.20. The molecule has 0 aromatic carbocycles. The summed E-state index contributed by atoms with van der Waals surface area (Å²) in [6.07, 6.45) is 5.51. The van der Waals surface area contributed by atoms with Gasteiger partial charge in [-0.25, -0.2) is 0 Å². The molecule has 0 atom stereocenters. The van der Waals surface area contributed by atoms with Crippen molar-refractivity contribution in [1.29, 1.82) is 0 Å². The molecule has 0 heterocycles. The smallest absolute Gasteiger partial charge is 0.311 e. The van der Waals surface area contributed by atoms with Gasteiger partial charge in [0.25, 0.3) is 5.70 Å². The van der Waals surface area contributed by atoms with E-state index in [1.54, 1.807) is 0 Å². The van der Waals surface area contributed by atoms with E-state index in [-0.39, 0.29) is 0 Å². The zero-order valence-electron chi connectivity index (χ0n) is 10.2. The Morgan fingerprint density at radius 3 is 1.95 bits per heavy atom. The minimum absolute atomic E-state index is 0.602. The number of nitro groups is 2. The van der Waals surface area contributed by atoms with Crippen molar-refractivity contribution in [2.24, 2.45) is 0 Å². The number of hydrogen-bond donors (Lipinski definition) is 0. The third-order valence-electron chi connectivity index (χ3n) is 1.85. The van der Waals surface area contributed by atoms with Crippen molar-refractivity contribution >= 4 is 5.78 Å². The molecule has 0 radical (unpaired) electrons. The fraction of sp³-hybridized carbons (Fsp3) is 0.182. The maximum absolute atomic E-state index is 10.8. The van der Waals surface area contributed by atoms with Crippen LogP contribution in [-0.2, 0) is 4.79 Å². The topological polar surface area (TPSA) is 126 Å². The Bertz CT molecular complexity index is 493. The first-order valence-corrected chi connectivity index (χ1v) is 5.00. The van der Waals surface area contributed by atoms with Gasteiger partial charge < -0.3 is 5.11 Å². The van der Waals surface area contributed by atoms with Crippen LogP contribution in [0.25, 0.3) is 0 Å². The van der Waals surface area contributed by atoms with Crippen molar-refractivity contribution in [3.63, 3.8) is 0 Å². The molecule has 19 heavy (non-hydrogen) atoms. The molecule has 0 aliphatic rings. The number of rotatable bonds is 6. The molecule has 0 aliphatic carbocycles. The standard InChI is InChI=1S/C11H12N2O6/c1-8(14)10(12(16)17)6-4-3-5-7-11(9(2)15)13(18)19/h3-7,14H,1-2H3/p-1/b5-3+,6-4+,10-8+,11-7-. The average molecular weight is 267 g/mol. The number of Topliss-reactive ketones (excluding diaryl/α,β-unsaturated/α-hetero) is 1. The maximum Gasteiger partial charge on any atom is 0.311 e. The van der Waals surface area contributed by atoms with Gasteiger partial charge in [0.05, 0.1) is 9.85 Å². The third-order valence-corrected chi connectivity index (χ3v) is 1.85. The Labute approximate surface area is 108 Å². The van der Waals surface area contributed by atoms with Crippen molar-refractivity contribution in [1.82, 2.24) is 0 Å². The maximum atomic E-state index is 10.8. The molecule has 0 saturated heterocycles. The molecule has 102 valence electrons. The summed E-state index contributed by atoms with van der Waals surface area (Å²) in [6, 6.07) is 0. The highest BCUT2D eigenvalue weighted by molar-refractivity contribution is 5.91. The molecule has 0 rings (SSSR count). The normalized spacial score (nSPS) is 13.7. The monoisotopic (exact) mass is 267 g/mol. The molecule has 0 fully saturated rings. The molecule has 0 unspecified atom stereocenters. The second-order valence-electron chi connectivity index (χ2n) is 3.31. The lowest BCUT2D eigenvalue weighted by atomic mass is 10.3. The number of ketones is 1. The summed E-state index contributed by atoms with van der Waals surface area (Å²) in [5, 5.41) is 31.7. The quantitative estimate of drug-likeness (QED) is 0.229. The molecule has 0 aromatic heterocycles. The number of carbonyl (C=O) groups excluding carboxylic acids is 1. The van der Waals surface area contributed by atoms with Gasteiger partial charge in [0, 0.05) is 19.1 Å². The van der Waals surface area contributed by atoms with Crippen LogP contribution in [0.1, 0.15) is 13.8 Å². The van der Waals surface area contributed by atoms with Gasteiger partial charge in [0.1, 0.15) is 0 Å². The van der Waals surface area contributed by atoms with E-state index in [0.717, 1.165) is 26.0 Å². The zero-order valence-corrected chi connectivity index (χ0v) is 10.2. The first-order valence-electron chi connectivity index (χ1n) is 5.00. The molecular weight excluding hydrogens is 256 g/mol. The third kappa shape index (κ3) is 5.91. The summed E-state index contributed by atoms with van der Waals surface area (Å²) in [6.45, 7) is 2.10. The molecule has 0 spiro atoms. The van der Waals surface area contributed by atoms with E-state index in [2.05, 4.69) is 0 Å². The van der Waals surface area contributed by atoms with Crippen molar-refractivity contribution in [2.75, 3.05) is 0 Å². The Morgan fingerprint density at radius 2 is 1.58 bits per heavy atom. The Hall–Kier alpha value is -2.77. The molecule has 8 heteroatoms. The van der Waals surface area contributed by atoms with Gasteiger partial charge in [-0.2, -0.15) is 0 Å². The highest BCUT2D eigenvalue weighted by atomic mass is 16.6. The summed E-state index contributed by atoms with van der Waals surface area (Å²) < 4.78 is 0. The lowest BCUT2D eigenvalue weighted by Gasteiger charge is -2.02. The van der Waals surface area contributed by atoms with Gasteiger partial charge in [0.15, 0.2) is 0 Å². The molecule has 0 N–H and O–H groups in total. The molecular formula is C11H11N2O6-. The molecule has 0 amide bonds. The SMILES string of the molecule is CC(=O)/C(=C/C=C/C=C/C(=C(/C)[O-])[N+](=O)[O-])[N+](=O)[O-]. The molecule has 0 bridgehead atoms. The van der Waals surface area contributed by atoms with Gasteiger partial charge in [-0.3, -0.25) is 25.0 Å². The fourth-order valence-electron chi connectivity index (χ4n) is 0.971. The highest BCUT2D eigenvalue weighted by Gasteiger charge is 2.14. The van der Waals surface area contributed by atoms with Crippen LogP contribution in [0.2, 0.25) is 0 Å². The Morgan fingerprint density at radius 1 is 1.00 bits per heavy atom. The minimum Gasteiger partial charge on any atom is -0.871 e. The largest absolute Gasteiger partial charge is 0.871 e. The van der Waals surface area contributed by atoms with Crippen molar-refractivity contribution in [2.45, 2.75) is 13.8 Å². The average Bonchev–Trinajstić information content (AvgIpc) is 2.25. The van der Waals surface area contributed by atoms with E-state index in [1.807, 2.05) is 0 Å². The first kappa shape index (κ1) is 16.2. The minimum atomic E-state index is -0.833. The molecule has 0 saturated carbocycles. The lowest BCUT2D eigenvalue weighted by molar-refractivity contribution is -0.436. The van der Waals surface area contributed by atoms with Crippen LogP contribution in [0.3, 0.4) is 0 Å². The van der Waals surface area contributed by atoms with Gasteiger partial charge >= 0.3 is 5.70 Å². The molecule has 8 nitrogen and oxygen atoms in total. The van der Waals surface area contributed by atoms with E-state index in [0.29, 0.717) is 0 Å². The van der Waals surface area contributed by atoms with Gasteiger partial charge in [-0.05, 0) is 6.92 Å². The molecule has 0 aliphatic heterocycles. The van der Waals surface area contributed by atoms with Crippen LogP contribution in [0.5, 0.6) is 0 Å². The number of nitrogens with zero attached hydrogens (tertiary/aromatic N) is 2. The van der Waals surface area contributed by atoms with Crippen LogP contribution in [-0.4, -0.2) is 15.6 Å². The van der Waals surface area contributed by atoms with Crippen LogP contribution < -0.4 is 5.11 Å². The van der Waals surface area contributed by atoms with E-state index >= 15 is 0 Å². The van der Waals surface area contributed by atoms with E-state index in [9.17, 15) is 30.1 Å². The highest BCUT2D eigenvalue weighted by Crippen LogP contribution is 2.02. The van der Waals surface area contributed by atoms with Crippen LogP contribution in [0.15, 0.2) is 47.5 Å². The van der Waals surface area contributed by atoms with E-state index in [4.69, 9.17) is 0 Å². The van der Waals surface area contributed by atoms with Crippen LogP contribution >= 0.6 is 0 Å². The second kappa shape index (κ2) is 7.54. The molecule has 0 aromatic rings. The van der Waals surface area contributed by atoms with Crippen molar-refractivity contribution in [3.8, 4) is 0 Å². The van der Waals surface area contributed by atoms with Crippen LogP contribution in [0, 0.1) is 20.2 Å². The first-order chi connectivity index (χ1) is 8.77. The zero-order chi connectivity index (χ0) is 15.0. The Balaban J connectivity index is 4.91. The summed E-state index contributed by atoms with van der Waals surface area (Å²) >= 11 is 0. The van der Waals surface area contributed by atoms with Crippen LogP contribution in [0.4, 0.5) is 0 Å². The van der Waals surface area contributed by atoms with E-state index in [1.165, 1.54) is 18.2 Å². The van der Waals surface area contributed by atoms with Gasteiger partial charge in [-0.1, -0.05) is 24.0 Å². The van der Waals surface area contributed by atoms with E-state index < -0.39 is 32.8 Å². The number of hydrogen-bond acceptors (Lipinski definition) is 6. The van der Waals surface area contributed by atoms with Crippen molar-refractivity contribution < 1.29 is 19.7 Å². The fourth-order valence-corrected chi connectivity index (χ4v) is 0.971. The summed E-state index contributed by atoms with van der Waals surface area (Å²) in [7, 11) is 0. The summed E-state index contributed by atoms with van der Waals surface area (Å²) in [4.78, 5) is 30.0. The predicted molar refractivity (Wildman–Crippen MR) is 63.7 cm³/mol.